The van der Waals surface area contributed by atoms with Crippen molar-refractivity contribution < 1.29 is 5.11 Å². The topological polar surface area (TPSA) is 92.0 Å². The number of hydrogen-bond acceptors (Lipinski definition) is 5. The van der Waals surface area contributed by atoms with E-state index >= 15 is 0 Å². The SMILES string of the molecule is CC(C)(O)Cn1cc(-c2ccc(-c3cnn4ccnc([C@H]5CC[C@@H](C#N)CC5)c34)cc2)cn1. The third-order valence-electron chi connectivity index (χ3n) is 6.47. The molecule has 7 heteroatoms. The Morgan fingerprint density at radius 1 is 1.03 bits per heavy atom. The van der Waals surface area contributed by atoms with Crippen molar-refractivity contribution in [2.75, 3.05) is 0 Å². The highest BCUT2D eigenvalue weighted by molar-refractivity contribution is 5.83. The van der Waals surface area contributed by atoms with Crippen LogP contribution < -0.4 is 0 Å². The fourth-order valence-corrected chi connectivity index (χ4v) is 4.81. The van der Waals surface area contributed by atoms with Gasteiger partial charge in [0.05, 0.1) is 41.8 Å². The third-order valence-corrected chi connectivity index (χ3v) is 6.47. The first-order valence-electron chi connectivity index (χ1n) is 11.5. The van der Waals surface area contributed by atoms with Crippen LogP contribution in [0, 0.1) is 17.2 Å². The standard InChI is InChI=1S/C26H28N6O/c1-26(2,33)17-31-16-22(14-29-31)19-7-9-20(10-8-19)23-15-30-32-12-11-28-24(25(23)32)21-5-3-18(13-27)4-6-21/h7-12,14-16,18,21,33H,3-6,17H2,1-2H3/t18-,21+. The molecular formula is C26H28N6O. The number of aliphatic hydroxyl groups is 1. The second kappa shape index (κ2) is 8.45. The van der Waals surface area contributed by atoms with Crippen LogP contribution in [0.5, 0.6) is 0 Å². The first kappa shape index (κ1) is 21.4. The van der Waals surface area contributed by atoms with Gasteiger partial charge in [-0.1, -0.05) is 24.3 Å². The largest absolute Gasteiger partial charge is 0.389 e. The highest BCUT2D eigenvalue weighted by Gasteiger charge is 2.26. The minimum absolute atomic E-state index is 0.172. The Kier molecular flexibility index (Phi) is 5.47. The van der Waals surface area contributed by atoms with Crippen LogP contribution in [0.1, 0.15) is 51.1 Å². The molecule has 0 bridgehead atoms. The predicted molar refractivity (Wildman–Crippen MR) is 126 cm³/mol. The Bertz CT molecular complexity index is 1300. The van der Waals surface area contributed by atoms with Gasteiger partial charge < -0.3 is 5.11 Å². The van der Waals surface area contributed by atoms with Crippen molar-refractivity contribution >= 4 is 5.52 Å². The number of nitriles is 1. The lowest BCUT2D eigenvalue weighted by Crippen LogP contribution is -2.26. The second-order valence-electron chi connectivity index (χ2n) is 9.66. The van der Waals surface area contributed by atoms with E-state index in [0.717, 1.165) is 59.1 Å². The molecule has 1 aliphatic carbocycles. The fraction of sp³-hybridized carbons (Fsp3) is 0.385. The maximum atomic E-state index is 10.0. The van der Waals surface area contributed by atoms with Crippen molar-refractivity contribution in [3.63, 3.8) is 0 Å². The van der Waals surface area contributed by atoms with Crippen molar-refractivity contribution in [3.05, 3.63) is 60.9 Å². The summed E-state index contributed by atoms with van der Waals surface area (Å²) >= 11 is 0. The fourth-order valence-electron chi connectivity index (χ4n) is 4.81. The van der Waals surface area contributed by atoms with E-state index in [9.17, 15) is 10.4 Å². The van der Waals surface area contributed by atoms with Crippen LogP contribution in [0.15, 0.2) is 55.2 Å². The number of hydrogen-bond donors (Lipinski definition) is 1. The molecule has 0 atom stereocenters. The molecule has 1 fully saturated rings. The molecule has 33 heavy (non-hydrogen) atoms. The van der Waals surface area contributed by atoms with Crippen molar-refractivity contribution in [1.29, 1.82) is 5.26 Å². The summed E-state index contributed by atoms with van der Waals surface area (Å²) in [5.41, 5.74) is 5.59. The van der Waals surface area contributed by atoms with Crippen LogP contribution in [0.4, 0.5) is 0 Å². The van der Waals surface area contributed by atoms with Gasteiger partial charge >= 0.3 is 0 Å². The summed E-state index contributed by atoms with van der Waals surface area (Å²) in [5, 5.41) is 28.2. The van der Waals surface area contributed by atoms with Crippen LogP contribution >= 0.6 is 0 Å². The normalized spacial score (nSPS) is 19.0. The molecule has 1 aromatic carbocycles. The van der Waals surface area contributed by atoms with E-state index < -0.39 is 5.60 Å². The molecule has 0 radical (unpaired) electrons. The smallest absolute Gasteiger partial charge is 0.0958 e. The predicted octanol–water partition coefficient (Wildman–Crippen LogP) is 4.83. The summed E-state index contributed by atoms with van der Waals surface area (Å²) in [5.74, 6) is 0.528. The first-order valence-corrected chi connectivity index (χ1v) is 11.5. The van der Waals surface area contributed by atoms with E-state index in [1.165, 1.54) is 0 Å². The molecule has 0 spiro atoms. The zero-order valence-electron chi connectivity index (χ0n) is 19.0. The Morgan fingerprint density at radius 2 is 1.76 bits per heavy atom. The lowest BCUT2D eigenvalue weighted by Gasteiger charge is -2.24. The van der Waals surface area contributed by atoms with Crippen LogP contribution in [0.2, 0.25) is 0 Å². The molecule has 0 unspecified atom stereocenters. The van der Waals surface area contributed by atoms with Gasteiger partial charge in [-0.25, -0.2) is 4.52 Å². The van der Waals surface area contributed by atoms with Gasteiger partial charge in [0.25, 0.3) is 0 Å². The van der Waals surface area contributed by atoms with E-state index in [1.54, 1.807) is 18.5 Å². The van der Waals surface area contributed by atoms with Gasteiger partial charge in [-0.2, -0.15) is 15.5 Å². The van der Waals surface area contributed by atoms with Crippen molar-refractivity contribution in [2.45, 2.75) is 57.6 Å². The summed E-state index contributed by atoms with van der Waals surface area (Å²) in [6.45, 7) is 3.99. The van der Waals surface area contributed by atoms with E-state index in [-0.39, 0.29) is 5.92 Å². The van der Waals surface area contributed by atoms with Gasteiger partial charge in [0.1, 0.15) is 0 Å². The molecule has 3 heterocycles. The van der Waals surface area contributed by atoms with Gasteiger partial charge in [0.15, 0.2) is 0 Å². The number of rotatable bonds is 5. The molecule has 1 saturated carbocycles. The van der Waals surface area contributed by atoms with Gasteiger partial charge in [0, 0.05) is 41.6 Å². The highest BCUT2D eigenvalue weighted by atomic mass is 16.3. The maximum Gasteiger partial charge on any atom is 0.0958 e. The molecule has 1 aliphatic rings. The maximum absolute atomic E-state index is 10.0. The third kappa shape index (κ3) is 4.39. The minimum atomic E-state index is -0.809. The number of fused-ring (bicyclic) bond motifs is 1. The minimum Gasteiger partial charge on any atom is -0.389 e. The molecule has 0 aliphatic heterocycles. The molecule has 4 aromatic rings. The van der Waals surface area contributed by atoms with Gasteiger partial charge in [-0.05, 0) is 50.7 Å². The Morgan fingerprint density at radius 3 is 2.45 bits per heavy atom. The van der Waals surface area contributed by atoms with Gasteiger partial charge in [0.2, 0.25) is 0 Å². The lowest BCUT2D eigenvalue weighted by molar-refractivity contribution is 0.0577. The highest BCUT2D eigenvalue weighted by Crippen LogP contribution is 2.38. The summed E-state index contributed by atoms with van der Waals surface area (Å²) in [7, 11) is 0. The molecule has 168 valence electrons. The lowest BCUT2D eigenvalue weighted by atomic mass is 9.80. The Labute approximate surface area is 193 Å². The zero-order valence-corrected chi connectivity index (χ0v) is 19.0. The number of aromatic nitrogens is 5. The monoisotopic (exact) mass is 440 g/mol. The van der Waals surface area contributed by atoms with Crippen molar-refractivity contribution in [1.82, 2.24) is 24.4 Å². The van der Waals surface area contributed by atoms with Crippen LogP contribution in [-0.4, -0.2) is 35.1 Å². The van der Waals surface area contributed by atoms with Crippen LogP contribution in [-0.2, 0) is 6.54 Å². The first-order chi connectivity index (χ1) is 15.9. The molecule has 3 aromatic heterocycles. The van der Waals surface area contributed by atoms with Crippen molar-refractivity contribution in [2.24, 2.45) is 5.92 Å². The summed E-state index contributed by atoms with van der Waals surface area (Å²) < 4.78 is 3.69. The van der Waals surface area contributed by atoms with Crippen molar-refractivity contribution in [3.8, 4) is 28.3 Å². The molecular weight excluding hydrogens is 412 g/mol. The summed E-state index contributed by atoms with van der Waals surface area (Å²) in [6.07, 6.45) is 13.3. The Hall–Kier alpha value is -3.50. The van der Waals surface area contributed by atoms with E-state index in [0.29, 0.717) is 12.5 Å². The average Bonchev–Trinajstić information content (AvgIpc) is 3.45. The quantitative estimate of drug-likeness (QED) is 0.480. The molecule has 0 amide bonds. The van der Waals surface area contributed by atoms with E-state index in [2.05, 4.69) is 40.5 Å². The molecule has 0 saturated heterocycles. The number of benzene rings is 1. The van der Waals surface area contributed by atoms with Crippen LogP contribution in [0.25, 0.3) is 27.8 Å². The summed E-state index contributed by atoms with van der Waals surface area (Å²) in [4.78, 5) is 4.76. The number of nitrogens with zero attached hydrogens (tertiary/aromatic N) is 6. The van der Waals surface area contributed by atoms with E-state index in [1.807, 2.05) is 35.5 Å². The molecule has 7 nitrogen and oxygen atoms in total. The summed E-state index contributed by atoms with van der Waals surface area (Å²) in [6, 6.07) is 10.8. The zero-order chi connectivity index (χ0) is 23.0. The Balaban J connectivity index is 1.44. The van der Waals surface area contributed by atoms with E-state index in [4.69, 9.17) is 4.98 Å². The van der Waals surface area contributed by atoms with Crippen LogP contribution in [0.3, 0.4) is 0 Å². The van der Waals surface area contributed by atoms with Gasteiger partial charge in [-0.15, -0.1) is 0 Å². The average molecular weight is 441 g/mol. The van der Waals surface area contributed by atoms with Gasteiger partial charge in [-0.3, -0.25) is 9.67 Å². The molecule has 1 N–H and O–H groups in total. The molecule has 5 rings (SSSR count). The second-order valence-corrected chi connectivity index (χ2v) is 9.66.